The minimum absolute atomic E-state index is 0. The molecule has 0 amide bonds. The zero-order chi connectivity index (χ0) is 18.1. The molecule has 8 nitrogen and oxygen atoms in total. The second kappa shape index (κ2) is 8.33. The van der Waals surface area contributed by atoms with Crippen molar-refractivity contribution in [2.45, 2.75) is 45.3 Å². The van der Waals surface area contributed by atoms with Gasteiger partial charge < -0.3 is 9.88 Å². The van der Waals surface area contributed by atoms with Gasteiger partial charge >= 0.3 is 0 Å². The number of nitro benzene ring substituents is 1. The van der Waals surface area contributed by atoms with E-state index in [4.69, 9.17) is 0 Å². The van der Waals surface area contributed by atoms with Crippen molar-refractivity contribution in [2.24, 2.45) is 0 Å². The van der Waals surface area contributed by atoms with E-state index in [-0.39, 0.29) is 23.0 Å². The van der Waals surface area contributed by atoms with Gasteiger partial charge in [-0.25, -0.2) is 0 Å². The lowest BCUT2D eigenvalue weighted by Crippen LogP contribution is -2.34. The number of nitrogens with one attached hydrogen (secondary N) is 1. The normalized spacial score (nSPS) is 18.0. The van der Waals surface area contributed by atoms with Gasteiger partial charge in [0.2, 0.25) is 0 Å². The molecule has 4 rings (SSSR count). The number of aromatic nitrogens is 3. The molecule has 3 heterocycles. The highest BCUT2D eigenvalue weighted by Crippen LogP contribution is 2.29. The summed E-state index contributed by atoms with van der Waals surface area (Å²) in [7, 11) is 0. The van der Waals surface area contributed by atoms with Crippen LogP contribution >= 0.6 is 12.4 Å². The predicted octanol–water partition coefficient (Wildman–Crippen LogP) is 2.40. The van der Waals surface area contributed by atoms with E-state index in [0.29, 0.717) is 11.5 Å². The third-order valence-electron chi connectivity index (χ3n) is 5.48. The largest absolute Gasteiger partial charge is 0.312 e. The second-order valence-electron chi connectivity index (χ2n) is 7.23. The minimum atomic E-state index is -0.297. The Morgan fingerprint density at radius 1 is 1.26 bits per heavy atom. The van der Waals surface area contributed by atoms with E-state index in [1.165, 1.54) is 0 Å². The van der Waals surface area contributed by atoms with Crippen LogP contribution in [0, 0.1) is 17.0 Å². The lowest BCUT2D eigenvalue weighted by Gasteiger charge is -2.32. The average Bonchev–Trinajstić information content (AvgIpc) is 3.08. The van der Waals surface area contributed by atoms with Crippen LogP contribution in [-0.4, -0.2) is 44.2 Å². The molecule has 2 aromatic rings. The summed E-state index contributed by atoms with van der Waals surface area (Å²) in [5.41, 5.74) is 1.93. The lowest BCUT2D eigenvalue weighted by molar-refractivity contribution is -0.385. The van der Waals surface area contributed by atoms with Gasteiger partial charge in [0.05, 0.1) is 11.5 Å². The van der Waals surface area contributed by atoms with Crippen LogP contribution in [0.5, 0.6) is 0 Å². The fourth-order valence-corrected chi connectivity index (χ4v) is 3.97. The third-order valence-corrected chi connectivity index (χ3v) is 5.48. The number of hydrogen-bond acceptors (Lipinski definition) is 6. The van der Waals surface area contributed by atoms with Crippen molar-refractivity contribution in [1.82, 2.24) is 25.0 Å². The Bertz CT molecular complexity index is 816. The molecule has 27 heavy (non-hydrogen) atoms. The summed E-state index contributed by atoms with van der Waals surface area (Å²) in [6.07, 6.45) is 2.11. The number of nitro groups is 1. The number of nitrogens with zero attached hydrogens (tertiary/aromatic N) is 5. The SMILES string of the molecule is Cc1ccc(CN2CCC(c3nnc4n3CCNC4)CC2)cc1[N+](=O)[O-].Cl. The zero-order valence-electron chi connectivity index (χ0n) is 15.4. The molecule has 146 valence electrons. The van der Waals surface area contributed by atoms with Gasteiger partial charge in [-0.15, -0.1) is 22.6 Å². The maximum atomic E-state index is 11.1. The summed E-state index contributed by atoms with van der Waals surface area (Å²) < 4.78 is 2.28. The van der Waals surface area contributed by atoms with Gasteiger partial charge in [-0.05, 0) is 38.4 Å². The van der Waals surface area contributed by atoms with Crippen LogP contribution < -0.4 is 5.32 Å². The molecule has 0 bridgehead atoms. The van der Waals surface area contributed by atoms with E-state index in [9.17, 15) is 10.1 Å². The van der Waals surface area contributed by atoms with Crippen LogP contribution in [0.15, 0.2) is 18.2 Å². The van der Waals surface area contributed by atoms with Gasteiger partial charge in [-0.3, -0.25) is 15.0 Å². The summed E-state index contributed by atoms with van der Waals surface area (Å²) in [6, 6.07) is 5.55. The Morgan fingerprint density at radius 2 is 2.04 bits per heavy atom. The first-order chi connectivity index (χ1) is 12.6. The van der Waals surface area contributed by atoms with E-state index >= 15 is 0 Å². The van der Waals surface area contributed by atoms with Gasteiger partial charge in [0.1, 0.15) is 11.6 Å². The van der Waals surface area contributed by atoms with Gasteiger partial charge in [0.15, 0.2) is 0 Å². The van der Waals surface area contributed by atoms with E-state index in [0.717, 1.165) is 69.3 Å². The molecule has 0 saturated carbocycles. The Kier molecular flexibility index (Phi) is 6.08. The first-order valence-corrected chi connectivity index (χ1v) is 9.21. The van der Waals surface area contributed by atoms with Gasteiger partial charge in [-0.2, -0.15) is 0 Å². The molecule has 0 radical (unpaired) electrons. The molecule has 1 fully saturated rings. The highest BCUT2D eigenvalue weighted by molar-refractivity contribution is 5.85. The molecule has 2 aliphatic rings. The molecule has 2 aliphatic heterocycles. The van der Waals surface area contributed by atoms with Crippen LogP contribution in [-0.2, 0) is 19.6 Å². The summed E-state index contributed by atoms with van der Waals surface area (Å²) in [5, 5.41) is 23.2. The third kappa shape index (κ3) is 4.12. The molecule has 1 N–H and O–H groups in total. The van der Waals surface area contributed by atoms with E-state index in [2.05, 4.69) is 25.0 Å². The predicted molar refractivity (Wildman–Crippen MR) is 104 cm³/mol. The van der Waals surface area contributed by atoms with E-state index in [1.807, 2.05) is 12.1 Å². The second-order valence-corrected chi connectivity index (χ2v) is 7.23. The van der Waals surface area contributed by atoms with Gasteiger partial charge in [0.25, 0.3) is 5.69 Å². The standard InChI is InChI=1S/C18H24N6O2.ClH/c1-13-2-3-14(10-16(13)24(25)26)12-22-7-4-15(5-8-22)18-21-20-17-11-19-6-9-23(17)18;/h2-3,10,15,19H,4-9,11-12H2,1H3;1H. The Labute approximate surface area is 164 Å². The van der Waals surface area contributed by atoms with Crippen molar-refractivity contribution >= 4 is 18.1 Å². The van der Waals surface area contributed by atoms with Crippen LogP contribution in [0.4, 0.5) is 5.69 Å². The number of fused-ring (bicyclic) bond motifs is 1. The first kappa shape index (κ1) is 19.7. The number of piperidine rings is 1. The first-order valence-electron chi connectivity index (χ1n) is 9.21. The van der Waals surface area contributed by atoms with Crippen molar-refractivity contribution in [1.29, 1.82) is 0 Å². The fourth-order valence-electron chi connectivity index (χ4n) is 3.97. The summed E-state index contributed by atoms with van der Waals surface area (Å²) in [4.78, 5) is 13.2. The van der Waals surface area contributed by atoms with Gasteiger partial charge in [0, 0.05) is 37.2 Å². The molecule has 0 atom stereocenters. The number of halogens is 1. The van der Waals surface area contributed by atoms with Crippen molar-refractivity contribution in [3.05, 3.63) is 51.1 Å². The average molecular weight is 393 g/mol. The molecule has 1 aromatic heterocycles. The minimum Gasteiger partial charge on any atom is -0.312 e. The molecule has 0 unspecified atom stereocenters. The fraction of sp³-hybridized carbons (Fsp3) is 0.556. The molecule has 1 saturated heterocycles. The van der Waals surface area contributed by atoms with Crippen LogP contribution in [0.2, 0.25) is 0 Å². The Hall–Kier alpha value is -2.03. The van der Waals surface area contributed by atoms with Crippen molar-refractivity contribution < 1.29 is 4.92 Å². The van der Waals surface area contributed by atoms with Crippen molar-refractivity contribution in [3.8, 4) is 0 Å². The van der Waals surface area contributed by atoms with Crippen LogP contribution in [0.25, 0.3) is 0 Å². The van der Waals surface area contributed by atoms with E-state index < -0.39 is 0 Å². The number of benzene rings is 1. The molecule has 0 spiro atoms. The van der Waals surface area contributed by atoms with Crippen molar-refractivity contribution in [2.75, 3.05) is 19.6 Å². The number of likely N-dealkylation sites (tertiary alicyclic amines) is 1. The molecular weight excluding hydrogens is 368 g/mol. The van der Waals surface area contributed by atoms with Crippen LogP contribution in [0.1, 0.15) is 41.5 Å². The van der Waals surface area contributed by atoms with Gasteiger partial charge in [-0.1, -0.05) is 12.1 Å². The molecule has 0 aliphatic carbocycles. The summed E-state index contributed by atoms with van der Waals surface area (Å²) >= 11 is 0. The maximum Gasteiger partial charge on any atom is 0.272 e. The quantitative estimate of drug-likeness (QED) is 0.634. The maximum absolute atomic E-state index is 11.1. The molecular formula is C18H25ClN6O2. The van der Waals surface area contributed by atoms with Crippen molar-refractivity contribution in [3.63, 3.8) is 0 Å². The lowest BCUT2D eigenvalue weighted by atomic mass is 9.95. The summed E-state index contributed by atoms with van der Waals surface area (Å²) in [5.74, 6) is 2.63. The highest BCUT2D eigenvalue weighted by Gasteiger charge is 2.27. The highest BCUT2D eigenvalue weighted by atomic mass is 35.5. The Balaban J connectivity index is 0.00000210. The number of hydrogen-bond donors (Lipinski definition) is 1. The monoisotopic (exact) mass is 392 g/mol. The Morgan fingerprint density at radius 3 is 2.78 bits per heavy atom. The topological polar surface area (TPSA) is 89.1 Å². The van der Waals surface area contributed by atoms with Crippen LogP contribution in [0.3, 0.4) is 0 Å². The molecule has 1 aromatic carbocycles. The smallest absolute Gasteiger partial charge is 0.272 e. The zero-order valence-corrected chi connectivity index (χ0v) is 16.2. The van der Waals surface area contributed by atoms with E-state index in [1.54, 1.807) is 13.0 Å². The summed E-state index contributed by atoms with van der Waals surface area (Å²) in [6.45, 7) is 7.23. The number of aryl methyl sites for hydroxylation is 1. The number of rotatable bonds is 4. The molecule has 9 heteroatoms.